The van der Waals surface area contributed by atoms with Crippen molar-refractivity contribution in [3.8, 4) is 0 Å². The fourth-order valence-corrected chi connectivity index (χ4v) is 3.23. The Balaban J connectivity index is 1.45. The average Bonchev–Trinajstić information content (AvgIpc) is 3.22. The van der Waals surface area contributed by atoms with E-state index in [-0.39, 0.29) is 17.9 Å². The summed E-state index contributed by atoms with van der Waals surface area (Å²) in [5.74, 6) is -1.55. The van der Waals surface area contributed by atoms with Crippen molar-refractivity contribution in [1.82, 2.24) is 15.5 Å². The Hall–Kier alpha value is -2.90. The minimum absolute atomic E-state index is 0.145. The zero-order chi connectivity index (χ0) is 20.1. The van der Waals surface area contributed by atoms with Gasteiger partial charge in [-0.05, 0) is 49.6 Å². The molecule has 2 heterocycles. The van der Waals surface area contributed by atoms with Gasteiger partial charge in [0.15, 0.2) is 11.6 Å². The number of amides is 3. The molecular formula is C20H23F2N3O3. The fourth-order valence-electron chi connectivity index (χ4n) is 3.23. The van der Waals surface area contributed by atoms with Gasteiger partial charge in [-0.25, -0.2) is 13.6 Å². The van der Waals surface area contributed by atoms with Crippen LogP contribution in [-0.2, 0) is 11.3 Å². The van der Waals surface area contributed by atoms with Gasteiger partial charge in [0.05, 0.1) is 18.8 Å². The first-order chi connectivity index (χ1) is 13.4. The summed E-state index contributed by atoms with van der Waals surface area (Å²) in [6, 6.07) is 6.51. The molecule has 2 aromatic rings. The second-order valence-corrected chi connectivity index (χ2v) is 6.90. The van der Waals surface area contributed by atoms with Crippen LogP contribution in [0.1, 0.15) is 37.1 Å². The van der Waals surface area contributed by atoms with Crippen LogP contribution in [0.5, 0.6) is 0 Å². The number of nitrogens with one attached hydrogen (secondary N) is 2. The maximum absolute atomic E-state index is 13.4. The maximum atomic E-state index is 13.4. The Morgan fingerprint density at radius 3 is 2.61 bits per heavy atom. The van der Waals surface area contributed by atoms with Crippen LogP contribution in [0, 0.1) is 17.6 Å². The fraction of sp³-hybridized carbons (Fsp3) is 0.400. The number of carbonyl (C=O) groups excluding carboxylic acids is 2. The van der Waals surface area contributed by atoms with Crippen LogP contribution in [0.3, 0.4) is 0 Å². The van der Waals surface area contributed by atoms with E-state index in [4.69, 9.17) is 4.42 Å². The molecule has 0 radical (unpaired) electrons. The number of urea groups is 1. The van der Waals surface area contributed by atoms with Crippen molar-refractivity contribution in [2.45, 2.75) is 32.4 Å². The van der Waals surface area contributed by atoms with Crippen molar-refractivity contribution in [2.75, 3.05) is 13.1 Å². The number of piperidine rings is 1. The molecule has 1 atom stereocenters. The van der Waals surface area contributed by atoms with Crippen LogP contribution < -0.4 is 10.6 Å². The molecule has 1 aliphatic heterocycles. The molecule has 3 rings (SSSR count). The average molecular weight is 391 g/mol. The second kappa shape index (κ2) is 8.86. The molecular weight excluding hydrogens is 368 g/mol. The first-order valence-electron chi connectivity index (χ1n) is 9.24. The van der Waals surface area contributed by atoms with E-state index in [0.29, 0.717) is 43.8 Å². The van der Waals surface area contributed by atoms with Gasteiger partial charge in [0.25, 0.3) is 0 Å². The normalized spacial score (nSPS) is 15.9. The van der Waals surface area contributed by atoms with E-state index in [9.17, 15) is 18.4 Å². The molecule has 1 aromatic carbocycles. The molecule has 1 saturated heterocycles. The lowest BCUT2D eigenvalue weighted by atomic mass is 9.95. The second-order valence-electron chi connectivity index (χ2n) is 6.90. The van der Waals surface area contributed by atoms with Crippen LogP contribution >= 0.6 is 0 Å². The summed E-state index contributed by atoms with van der Waals surface area (Å²) in [5, 5.41) is 5.63. The number of hydrogen-bond donors (Lipinski definition) is 2. The van der Waals surface area contributed by atoms with E-state index < -0.39 is 17.7 Å². The number of hydrogen-bond acceptors (Lipinski definition) is 3. The molecule has 28 heavy (non-hydrogen) atoms. The van der Waals surface area contributed by atoms with Crippen molar-refractivity contribution in [2.24, 2.45) is 5.92 Å². The summed E-state index contributed by atoms with van der Waals surface area (Å²) in [5.41, 5.74) is 0.502. The van der Waals surface area contributed by atoms with Crippen LogP contribution in [-0.4, -0.2) is 29.9 Å². The minimum atomic E-state index is -0.938. The molecule has 0 bridgehead atoms. The third kappa shape index (κ3) is 4.88. The molecule has 0 unspecified atom stereocenters. The van der Waals surface area contributed by atoms with Crippen LogP contribution in [0.15, 0.2) is 41.0 Å². The van der Waals surface area contributed by atoms with Gasteiger partial charge in [-0.15, -0.1) is 0 Å². The zero-order valence-corrected chi connectivity index (χ0v) is 15.6. The lowest BCUT2D eigenvalue weighted by molar-refractivity contribution is -0.126. The van der Waals surface area contributed by atoms with Gasteiger partial charge in [-0.3, -0.25) is 4.79 Å². The highest BCUT2D eigenvalue weighted by Crippen LogP contribution is 2.21. The lowest BCUT2D eigenvalue weighted by Crippen LogP contribution is -2.46. The first-order valence-corrected chi connectivity index (χ1v) is 9.24. The Labute approximate surface area is 161 Å². The first kappa shape index (κ1) is 19.9. The van der Waals surface area contributed by atoms with Gasteiger partial charge in [0, 0.05) is 19.0 Å². The zero-order valence-electron chi connectivity index (χ0n) is 15.6. The number of rotatable bonds is 5. The highest BCUT2D eigenvalue weighted by Gasteiger charge is 2.28. The van der Waals surface area contributed by atoms with Crippen molar-refractivity contribution < 1.29 is 22.8 Å². The van der Waals surface area contributed by atoms with E-state index in [0.717, 1.165) is 12.1 Å². The van der Waals surface area contributed by atoms with Crippen molar-refractivity contribution >= 4 is 11.9 Å². The molecule has 1 aromatic heterocycles. The topological polar surface area (TPSA) is 74.6 Å². The molecule has 0 spiro atoms. The number of benzene rings is 1. The number of furan rings is 1. The molecule has 150 valence electrons. The molecule has 8 heteroatoms. The molecule has 0 aliphatic carbocycles. The smallest absolute Gasteiger partial charge is 0.317 e. The summed E-state index contributed by atoms with van der Waals surface area (Å²) in [6.07, 6.45) is 2.64. The summed E-state index contributed by atoms with van der Waals surface area (Å²) in [6.45, 7) is 2.99. The van der Waals surface area contributed by atoms with Gasteiger partial charge in [0.1, 0.15) is 5.76 Å². The number of carbonyl (C=O) groups is 2. The maximum Gasteiger partial charge on any atom is 0.317 e. The van der Waals surface area contributed by atoms with Gasteiger partial charge in [-0.2, -0.15) is 0 Å². The van der Waals surface area contributed by atoms with Crippen LogP contribution in [0.2, 0.25) is 0 Å². The number of nitrogens with zero attached hydrogens (tertiary/aromatic N) is 1. The monoisotopic (exact) mass is 391 g/mol. The van der Waals surface area contributed by atoms with E-state index in [1.165, 1.54) is 6.07 Å². The third-order valence-corrected chi connectivity index (χ3v) is 4.95. The highest BCUT2D eigenvalue weighted by molar-refractivity contribution is 5.80. The molecule has 2 N–H and O–H groups in total. The largest absolute Gasteiger partial charge is 0.467 e. The highest BCUT2D eigenvalue weighted by atomic mass is 19.2. The summed E-state index contributed by atoms with van der Waals surface area (Å²) >= 11 is 0. The van der Waals surface area contributed by atoms with Crippen LogP contribution in [0.25, 0.3) is 0 Å². The van der Waals surface area contributed by atoms with Crippen LogP contribution in [0.4, 0.5) is 13.6 Å². The van der Waals surface area contributed by atoms with E-state index in [2.05, 4.69) is 10.6 Å². The van der Waals surface area contributed by atoms with E-state index in [1.54, 1.807) is 30.2 Å². The predicted octanol–water partition coefficient (Wildman–Crippen LogP) is 3.36. The number of halogens is 2. The van der Waals surface area contributed by atoms with Crippen molar-refractivity contribution in [3.63, 3.8) is 0 Å². The molecule has 6 nitrogen and oxygen atoms in total. The lowest BCUT2D eigenvalue weighted by Gasteiger charge is -2.32. The minimum Gasteiger partial charge on any atom is -0.467 e. The third-order valence-electron chi connectivity index (χ3n) is 4.95. The van der Waals surface area contributed by atoms with Crippen molar-refractivity contribution in [1.29, 1.82) is 0 Å². The van der Waals surface area contributed by atoms with Gasteiger partial charge in [0.2, 0.25) is 5.91 Å². The summed E-state index contributed by atoms with van der Waals surface area (Å²) in [4.78, 5) is 26.4. The Morgan fingerprint density at radius 2 is 1.96 bits per heavy atom. The van der Waals surface area contributed by atoms with Gasteiger partial charge in [-0.1, -0.05) is 6.07 Å². The molecule has 3 amide bonds. The van der Waals surface area contributed by atoms with E-state index in [1.807, 2.05) is 0 Å². The van der Waals surface area contributed by atoms with E-state index >= 15 is 0 Å². The number of likely N-dealkylation sites (tertiary alicyclic amines) is 1. The van der Waals surface area contributed by atoms with Gasteiger partial charge < -0.3 is 20.0 Å². The predicted molar refractivity (Wildman–Crippen MR) is 98.2 cm³/mol. The standard InChI is InChI=1S/C20H23F2N3O3/c1-13(15-4-5-17(21)18(22)11-15)24-19(26)14-6-8-25(9-7-14)20(27)23-12-16-3-2-10-28-16/h2-5,10-11,13-14H,6-9,12H2,1H3,(H,23,27)(H,24,26)/t13-/m1/s1. The molecule has 0 saturated carbocycles. The van der Waals surface area contributed by atoms with Crippen molar-refractivity contribution in [3.05, 3.63) is 59.6 Å². The Kier molecular flexibility index (Phi) is 6.28. The SMILES string of the molecule is C[C@@H](NC(=O)C1CCN(C(=O)NCc2ccco2)CC1)c1ccc(F)c(F)c1. The molecule has 1 aliphatic rings. The Morgan fingerprint density at radius 1 is 1.21 bits per heavy atom. The van der Waals surface area contributed by atoms with Gasteiger partial charge >= 0.3 is 6.03 Å². The molecule has 1 fully saturated rings. The summed E-state index contributed by atoms with van der Waals surface area (Å²) < 4.78 is 31.6. The Bertz CT molecular complexity index is 818. The summed E-state index contributed by atoms with van der Waals surface area (Å²) in [7, 11) is 0. The quantitative estimate of drug-likeness (QED) is 0.821.